The van der Waals surface area contributed by atoms with Crippen molar-refractivity contribution in [3.05, 3.63) is 0 Å². The lowest BCUT2D eigenvalue weighted by molar-refractivity contribution is -0.142. The maximum absolute atomic E-state index is 11.7. The molecule has 0 aromatic heterocycles. The molecule has 10 heavy (non-hydrogen) atoms. The minimum atomic E-state index is -4.01. The predicted molar refractivity (Wildman–Crippen MR) is 38.2 cm³/mol. The SMILES string of the molecule is CCC(CBr)CC(F)(F)F. The van der Waals surface area contributed by atoms with E-state index in [0.717, 1.165) is 0 Å². The smallest absolute Gasteiger partial charge is 0.171 e. The van der Waals surface area contributed by atoms with Crippen LogP contribution in [0.2, 0.25) is 0 Å². The highest BCUT2D eigenvalue weighted by molar-refractivity contribution is 9.09. The highest BCUT2D eigenvalue weighted by Gasteiger charge is 2.30. The van der Waals surface area contributed by atoms with E-state index in [9.17, 15) is 13.2 Å². The Morgan fingerprint density at radius 2 is 1.90 bits per heavy atom. The Kier molecular flexibility index (Phi) is 4.32. The molecule has 0 spiro atoms. The van der Waals surface area contributed by atoms with Crippen molar-refractivity contribution in [2.24, 2.45) is 5.92 Å². The summed E-state index contributed by atoms with van der Waals surface area (Å²) in [6, 6.07) is 0. The minimum Gasteiger partial charge on any atom is -0.171 e. The van der Waals surface area contributed by atoms with Crippen molar-refractivity contribution in [1.29, 1.82) is 0 Å². The molecule has 0 radical (unpaired) electrons. The lowest BCUT2D eigenvalue weighted by Crippen LogP contribution is -2.15. The Morgan fingerprint density at radius 3 is 2.00 bits per heavy atom. The quantitative estimate of drug-likeness (QED) is 0.638. The van der Waals surface area contributed by atoms with Crippen molar-refractivity contribution in [3.63, 3.8) is 0 Å². The highest BCUT2D eigenvalue weighted by atomic mass is 79.9. The molecular formula is C6H10BrF3. The molecule has 0 bridgehead atoms. The van der Waals surface area contributed by atoms with Gasteiger partial charge in [0, 0.05) is 11.8 Å². The van der Waals surface area contributed by atoms with Gasteiger partial charge in [-0.25, -0.2) is 0 Å². The lowest BCUT2D eigenvalue weighted by Gasteiger charge is -2.13. The van der Waals surface area contributed by atoms with E-state index in [0.29, 0.717) is 11.8 Å². The van der Waals surface area contributed by atoms with E-state index in [4.69, 9.17) is 0 Å². The Bertz CT molecular complexity index is 85.5. The molecule has 1 atom stereocenters. The largest absolute Gasteiger partial charge is 0.389 e. The van der Waals surface area contributed by atoms with Gasteiger partial charge in [0.25, 0.3) is 0 Å². The van der Waals surface area contributed by atoms with Crippen LogP contribution in [0.15, 0.2) is 0 Å². The fraction of sp³-hybridized carbons (Fsp3) is 1.00. The van der Waals surface area contributed by atoms with Crippen LogP contribution in [-0.4, -0.2) is 11.5 Å². The average molecular weight is 219 g/mol. The molecule has 0 N–H and O–H groups in total. The van der Waals surface area contributed by atoms with Gasteiger partial charge in [0.1, 0.15) is 0 Å². The van der Waals surface area contributed by atoms with Gasteiger partial charge in [-0.2, -0.15) is 13.2 Å². The summed E-state index contributed by atoms with van der Waals surface area (Å²) in [4.78, 5) is 0. The zero-order chi connectivity index (χ0) is 8.20. The number of hydrogen-bond acceptors (Lipinski definition) is 0. The fourth-order valence-corrected chi connectivity index (χ4v) is 1.32. The van der Waals surface area contributed by atoms with Crippen molar-refractivity contribution in [3.8, 4) is 0 Å². The summed E-state index contributed by atoms with van der Waals surface area (Å²) in [7, 11) is 0. The first kappa shape index (κ1) is 10.3. The first-order chi connectivity index (χ1) is 4.49. The van der Waals surface area contributed by atoms with Gasteiger partial charge in [-0.1, -0.05) is 29.3 Å². The number of rotatable bonds is 3. The van der Waals surface area contributed by atoms with Crippen LogP contribution in [0.5, 0.6) is 0 Å². The molecule has 0 amide bonds. The zero-order valence-electron chi connectivity index (χ0n) is 5.71. The maximum Gasteiger partial charge on any atom is 0.389 e. The first-order valence-corrected chi connectivity index (χ1v) is 4.24. The van der Waals surface area contributed by atoms with Crippen LogP contribution in [0.1, 0.15) is 19.8 Å². The van der Waals surface area contributed by atoms with Gasteiger partial charge in [0.2, 0.25) is 0 Å². The second-order valence-corrected chi connectivity index (χ2v) is 2.90. The number of hydrogen-bond donors (Lipinski definition) is 0. The Labute approximate surface area is 66.9 Å². The Morgan fingerprint density at radius 1 is 1.40 bits per heavy atom. The monoisotopic (exact) mass is 218 g/mol. The Balaban J connectivity index is 3.63. The fourth-order valence-electron chi connectivity index (χ4n) is 0.635. The van der Waals surface area contributed by atoms with Crippen molar-refractivity contribution in [1.82, 2.24) is 0 Å². The van der Waals surface area contributed by atoms with E-state index in [1.165, 1.54) is 0 Å². The molecule has 0 aromatic rings. The summed E-state index contributed by atoms with van der Waals surface area (Å²) in [6.45, 7) is 1.76. The lowest BCUT2D eigenvalue weighted by atomic mass is 10.1. The third kappa shape index (κ3) is 5.09. The molecule has 0 heterocycles. The van der Waals surface area contributed by atoms with E-state index >= 15 is 0 Å². The molecule has 4 heteroatoms. The van der Waals surface area contributed by atoms with Gasteiger partial charge >= 0.3 is 6.18 Å². The van der Waals surface area contributed by atoms with Gasteiger partial charge in [0.15, 0.2) is 0 Å². The number of halogens is 4. The summed E-state index contributed by atoms with van der Waals surface area (Å²) in [5.41, 5.74) is 0. The van der Waals surface area contributed by atoms with Gasteiger partial charge in [-0.3, -0.25) is 0 Å². The van der Waals surface area contributed by atoms with Gasteiger partial charge in [-0.05, 0) is 5.92 Å². The summed E-state index contributed by atoms with van der Waals surface area (Å²) in [5.74, 6) is -0.264. The van der Waals surface area contributed by atoms with Crippen molar-refractivity contribution >= 4 is 15.9 Å². The summed E-state index contributed by atoms with van der Waals surface area (Å²) in [5, 5.41) is 0.434. The third-order valence-electron chi connectivity index (χ3n) is 1.32. The molecule has 0 aliphatic heterocycles. The summed E-state index contributed by atoms with van der Waals surface area (Å²) < 4.78 is 35.0. The van der Waals surface area contributed by atoms with Crippen molar-refractivity contribution in [2.75, 3.05) is 5.33 Å². The predicted octanol–water partition coefficient (Wildman–Crippen LogP) is 3.36. The van der Waals surface area contributed by atoms with Crippen LogP contribution < -0.4 is 0 Å². The van der Waals surface area contributed by atoms with Crippen LogP contribution in [-0.2, 0) is 0 Å². The molecule has 62 valence electrons. The van der Waals surface area contributed by atoms with Gasteiger partial charge in [-0.15, -0.1) is 0 Å². The second-order valence-electron chi connectivity index (χ2n) is 2.25. The van der Waals surface area contributed by atoms with E-state index < -0.39 is 12.6 Å². The standard InChI is InChI=1S/C6H10BrF3/c1-2-5(4-7)3-6(8,9)10/h5H,2-4H2,1H3. The van der Waals surface area contributed by atoms with Crippen LogP contribution in [0.25, 0.3) is 0 Å². The molecule has 0 saturated heterocycles. The van der Waals surface area contributed by atoms with Crippen molar-refractivity contribution in [2.45, 2.75) is 25.9 Å². The second kappa shape index (κ2) is 4.21. The van der Waals surface area contributed by atoms with Crippen molar-refractivity contribution < 1.29 is 13.2 Å². The topological polar surface area (TPSA) is 0 Å². The third-order valence-corrected chi connectivity index (χ3v) is 2.23. The summed E-state index contributed by atoms with van der Waals surface area (Å²) in [6.07, 6.45) is -4.10. The van der Waals surface area contributed by atoms with Gasteiger partial charge < -0.3 is 0 Å². The van der Waals surface area contributed by atoms with E-state index in [1.807, 2.05) is 0 Å². The molecule has 0 aliphatic rings. The molecule has 0 nitrogen and oxygen atoms in total. The molecule has 0 aliphatic carbocycles. The van der Waals surface area contributed by atoms with Crippen LogP contribution in [0.4, 0.5) is 13.2 Å². The molecule has 1 unspecified atom stereocenters. The highest BCUT2D eigenvalue weighted by Crippen LogP contribution is 2.27. The molecule has 0 saturated carbocycles. The molecule has 0 fully saturated rings. The summed E-state index contributed by atoms with van der Waals surface area (Å²) >= 11 is 3.03. The first-order valence-electron chi connectivity index (χ1n) is 3.12. The normalized spacial score (nSPS) is 15.3. The van der Waals surface area contributed by atoms with E-state index in [-0.39, 0.29) is 5.92 Å². The van der Waals surface area contributed by atoms with Crippen LogP contribution in [0.3, 0.4) is 0 Å². The molecular weight excluding hydrogens is 209 g/mol. The zero-order valence-corrected chi connectivity index (χ0v) is 7.30. The molecule has 0 rings (SSSR count). The van der Waals surface area contributed by atoms with E-state index in [1.54, 1.807) is 6.92 Å². The Hall–Kier alpha value is 0.270. The van der Waals surface area contributed by atoms with Crippen LogP contribution >= 0.6 is 15.9 Å². The average Bonchev–Trinajstić information content (AvgIpc) is 1.81. The number of alkyl halides is 4. The van der Waals surface area contributed by atoms with Gasteiger partial charge in [0.05, 0.1) is 0 Å². The van der Waals surface area contributed by atoms with Crippen LogP contribution in [0, 0.1) is 5.92 Å². The van der Waals surface area contributed by atoms with E-state index in [2.05, 4.69) is 15.9 Å². The molecule has 0 aromatic carbocycles. The maximum atomic E-state index is 11.7. The minimum absolute atomic E-state index is 0.264.